The molecule has 3 aromatic heterocycles. The molecule has 188 valence electrons. The highest BCUT2D eigenvalue weighted by Crippen LogP contribution is 2.37. The van der Waals surface area contributed by atoms with Crippen LogP contribution in [-0.4, -0.2) is 34.1 Å². The fourth-order valence-corrected chi connectivity index (χ4v) is 4.43. The molecular formula is C27H28ClN3O5. The molecule has 1 fully saturated rings. The molecule has 0 saturated heterocycles. The van der Waals surface area contributed by atoms with E-state index in [4.69, 9.17) is 20.4 Å². The maximum atomic E-state index is 13.3. The van der Waals surface area contributed by atoms with E-state index in [2.05, 4.69) is 5.32 Å². The molecule has 9 heteroatoms. The largest absolute Gasteiger partial charge is 0.467 e. The highest BCUT2D eigenvalue weighted by Gasteiger charge is 2.28. The molecule has 8 nitrogen and oxygen atoms in total. The minimum atomic E-state index is -0.765. The first-order valence-electron chi connectivity index (χ1n) is 11.9. The summed E-state index contributed by atoms with van der Waals surface area (Å²) in [4.78, 5) is 27.8. The van der Waals surface area contributed by atoms with Gasteiger partial charge in [-0.2, -0.15) is 0 Å². The van der Waals surface area contributed by atoms with E-state index in [0.717, 1.165) is 18.4 Å². The molecule has 5 rings (SSSR count). The van der Waals surface area contributed by atoms with Gasteiger partial charge in [-0.15, -0.1) is 0 Å². The number of nitrogens with zero attached hydrogens (tertiary/aromatic N) is 2. The molecule has 36 heavy (non-hydrogen) atoms. The number of aliphatic hydroxyl groups excluding tert-OH is 1. The van der Waals surface area contributed by atoms with Crippen molar-refractivity contribution < 1.29 is 18.7 Å². The van der Waals surface area contributed by atoms with Crippen LogP contribution in [0.15, 0.2) is 68.6 Å². The number of likely N-dealkylation sites (N-methyl/N-ethyl adjacent to an activating group) is 1. The van der Waals surface area contributed by atoms with Gasteiger partial charge < -0.3 is 23.8 Å². The molecular weight excluding hydrogens is 482 g/mol. The standard InChI is InChI=1S/C27H28ClN3O5/c1-30(16-23(32)24-3-2-10-35-24)15-21-12-22-26(34)18(14-31(20-8-9-20)27(22)36-21)11-25(33)29-13-17-4-6-19(28)7-5-17/h2-7,10,12,14,20,23,32H,8-9,11,13,15-16H2,1H3,(H,29,33)/t23-/m1/s1. The van der Waals surface area contributed by atoms with E-state index < -0.39 is 6.10 Å². The second-order valence-corrected chi connectivity index (χ2v) is 9.80. The maximum absolute atomic E-state index is 13.3. The summed E-state index contributed by atoms with van der Waals surface area (Å²) in [6.45, 7) is 1.12. The van der Waals surface area contributed by atoms with Gasteiger partial charge in [0.2, 0.25) is 11.6 Å². The van der Waals surface area contributed by atoms with E-state index in [-0.39, 0.29) is 23.8 Å². The van der Waals surface area contributed by atoms with Crippen LogP contribution in [0, 0.1) is 0 Å². The first-order chi connectivity index (χ1) is 17.4. The van der Waals surface area contributed by atoms with Gasteiger partial charge in [-0.1, -0.05) is 23.7 Å². The second kappa shape index (κ2) is 10.3. The van der Waals surface area contributed by atoms with Gasteiger partial charge in [-0.3, -0.25) is 14.5 Å². The van der Waals surface area contributed by atoms with Gasteiger partial charge in [0.05, 0.1) is 24.6 Å². The van der Waals surface area contributed by atoms with Crippen molar-refractivity contribution in [1.29, 1.82) is 0 Å². The number of aliphatic hydroxyl groups is 1. The predicted molar refractivity (Wildman–Crippen MR) is 136 cm³/mol. The Balaban J connectivity index is 1.31. The van der Waals surface area contributed by atoms with Crippen molar-refractivity contribution in [2.24, 2.45) is 0 Å². The molecule has 1 amide bonds. The molecule has 0 bridgehead atoms. The highest BCUT2D eigenvalue weighted by atomic mass is 35.5. The van der Waals surface area contributed by atoms with Gasteiger partial charge in [-0.05, 0) is 55.8 Å². The lowest BCUT2D eigenvalue weighted by Gasteiger charge is -2.18. The Hall–Kier alpha value is -3.33. The molecule has 1 atom stereocenters. The Labute approximate surface area is 213 Å². The second-order valence-electron chi connectivity index (χ2n) is 9.36. The fourth-order valence-electron chi connectivity index (χ4n) is 4.31. The Morgan fingerprint density at radius 2 is 2.06 bits per heavy atom. The third-order valence-electron chi connectivity index (χ3n) is 6.31. The smallest absolute Gasteiger partial charge is 0.224 e. The fraction of sp³-hybridized carbons (Fsp3) is 0.333. The van der Waals surface area contributed by atoms with Gasteiger partial charge in [-0.25, -0.2) is 0 Å². The minimum absolute atomic E-state index is 0.00909. The van der Waals surface area contributed by atoms with E-state index in [1.54, 1.807) is 36.5 Å². The lowest BCUT2D eigenvalue weighted by atomic mass is 10.1. The Morgan fingerprint density at radius 3 is 2.75 bits per heavy atom. The highest BCUT2D eigenvalue weighted by molar-refractivity contribution is 6.30. The summed E-state index contributed by atoms with van der Waals surface area (Å²) in [5.41, 5.74) is 1.70. The van der Waals surface area contributed by atoms with Crippen LogP contribution in [-0.2, 0) is 24.3 Å². The first kappa shape index (κ1) is 24.4. The molecule has 1 aromatic carbocycles. The Morgan fingerprint density at radius 1 is 1.28 bits per heavy atom. The normalized spacial score (nSPS) is 14.4. The summed E-state index contributed by atoms with van der Waals surface area (Å²) in [6, 6.07) is 12.7. The summed E-state index contributed by atoms with van der Waals surface area (Å²) in [7, 11) is 1.86. The minimum Gasteiger partial charge on any atom is -0.467 e. The molecule has 0 spiro atoms. The molecule has 1 saturated carbocycles. The van der Waals surface area contributed by atoms with Crippen LogP contribution >= 0.6 is 11.6 Å². The molecule has 0 aliphatic heterocycles. The Bertz CT molecular complexity index is 1400. The molecule has 3 heterocycles. The lowest BCUT2D eigenvalue weighted by Crippen LogP contribution is -2.27. The van der Waals surface area contributed by atoms with Gasteiger partial charge >= 0.3 is 0 Å². The van der Waals surface area contributed by atoms with Gasteiger partial charge in [0.1, 0.15) is 17.6 Å². The molecule has 1 aliphatic carbocycles. The first-order valence-corrected chi connectivity index (χ1v) is 12.3. The van der Waals surface area contributed by atoms with Crippen molar-refractivity contribution in [2.45, 2.75) is 44.5 Å². The van der Waals surface area contributed by atoms with Crippen molar-refractivity contribution in [3.8, 4) is 0 Å². The van der Waals surface area contributed by atoms with E-state index in [1.165, 1.54) is 6.26 Å². The zero-order chi connectivity index (χ0) is 25.2. The number of amides is 1. The number of pyridine rings is 1. The van der Waals surface area contributed by atoms with Crippen LogP contribution in [0.25, 0.3) is 11.1 Å². The maximum Gasteiger partial charge on any atom is 0.224 e. The quantitative estimate of drug-likeness (QED) is 0.332. The zero-order valence-corrected chi connectivity index (χ0v) is 20.7. The van der Waals surface area contributed by atoms with E-state index in [9.17, 15) is 14.7 Å². The molecule has 0 unspecified atom stereocenters. The topological polar surface area (TPSA) is 101 Å². The van der Waals surface area contributed by atoms with Crippen LogP contribution in [0.2, 0.25) is 5.02 Å². The van der Waals surface area contributed by atoms with Gasteiger partial charge in [0, 0.05) is 35.9 Å². The SMILES string of the molecule is CN(Cc1cc2c(=O)c(CC(=O)NCc3ccc(Cl)cc3)cn(C3CC3)c2o1)C[C@@H](O)c1ccco1. The van der Waals surface area contributed by atoms with Crippen LogP contribution in [0.4, 0.5) is 0 Å². The number of hydrogen-bond donors (Lipinski definition) is 2. The van der Waals surface area contributed by atoms with Crippen molar-refractivity contribution in [3.63, 3.8) is 0 Å². The average molecular weight is 510 g/mol. The Kier molecular flexibility index (Phi) is 7.00. The average Bonchev–Trinajstić information content (AvgIpc) is 3.36. The van der Waals surface area contributed by atoms with Crippen LogP contribution in [0.1, 0.15) is 47.6 Å². The van der Waals surface area contributed by atoms with Crippen molar-refractivity contribution >= 4 is 28.6 Å². The summed E-state index contributed by atoms with van der Waals surface area (Å²) < 4.78 is 13.4. The summed E-state index contributed by atoms with van der Waals surface area (Å²) in [6.07, 6.45) is 4.53. The van der Waals surface area contributed by atoms with E-state index in [0.29, 0.717) is 52.8 Å². The number of benzene rings is 1. The third-order valence-corrected chi connectivity index (χ3v) is 6.56. The van der Waals surface area contributed by atoms with E-state index >= 15 is 0 Å². The number of fused-ring (bicyclic) bond motifs is 1. The molecule has 4 aromatic rings. The number of hydrogen-bond acceptors (Lipinski definition) is 6. The van der Waals surface area contributed by atoms with Crippen molar-refractivity contribution in [1.82, 2.24) is 14.8 Å². The number of furan rings is 2. The summed E-state index contributed by atoms with van der Waals surface area (Å²) in [5.74, 6) is 0.896. The molecule has 1 aliphatic rings. The van der Waals surface area contributed by atoms with Crippen LogP contribution in [0.3, 0.4) is 0 Å². The lowest BCUT2D eigenvalue weighted by molar-refractivity contribution is -0.120. The molecule has 2 N–H and O–H groups in total. The molecule has 0 radical (unpaired) electrons. The number of halogens is 1. The van der Waals surface area contributed by atoms with Crippen LogP contribution < -0.4 is 10.7 Å². The van der Waals surface area contributed by atoms with Crippen molar-refractivity contribution in [3.05, 3.63) is 92.8 Å². The van der Waals surface area contributed by atoms with Crippen LogP contribution in [0.5, 0.6) is 0 Å². The van der Waals surface area contributed by atoms with E-state index in [1.807, 2.05) is 28.6 Å². The zero-order valence-electron chi connectivity index (χ0n) is 19.9. The monoisotopic (exact) mass is 509 g/mol. The summed E-state index contributed by atoms with van der Waals surface area (Å²) >= 11 is 5.92. The van der Waals surface area contributed by atoms with Gasteiger partial charge in [0.15, 0.2) is 5.43 Å². The number of aromatic nitrogens is 1. The number of carbonyl (C=O) groups is 1. The predicted octanol–water partition coefficient (Wildman–Crippen LogP) is 4.20. The number of rotatable bonds is 10. The van der Waals surface area contributed by atoms with Gasteiger partial charge in [0.25, 0.3) is 0 Å². The third kappa shape index (κ3) is 5.56. The van der Waals surface area contributed by atoms with Crippen molar-refractivity contribution in [2.75, 3.05) is 13.6 Å². The summed E-state index contributed by atoms with van der Waals surface area (Å²) in [5, 5.41) is 14.3. The number of carbonyl (C=O) groups excluding carboxylic acids is 1. The number of nitrogens with one attached hydrogen (secondary N) is 1.